The monoisotopic (exact) mass is 320 g/mol. The summed E-state index contributed by atoms with van der Waals surface area (Å²) < 4.78 is 6.16. The van der Waals surface area contributed by atoms with Crippen LogP contribution in [0.2, 0.25) is 0 Å². The van der Waals surface area contributed by atoms with Crippen LogP contribution in [0.1, 0.15) is 18.5 Å². The van der Waals surface area contributed by atoms with E-state index >= 15 is 0 Å². The summed E-state index contributed by atoms with van der Waals surface area (Å²) >= 11 is 3.40. The Balaban J connectivity index is 2.17. The summed E-state index contributed by atoms with van der Waals surface area (Å²) in [6.07, 6.45) is 1.81. The highest BCUT2D eigenvalue weighted by Crippen LogP contribution is 2.25. The fourth-order valence-corrected chi connectivity index (χ4v) is 2.12. The Bertz CT molecular complexity index is 525. The van der Waals surface area contributed by atoms with Gasteiger partial charge in [0.25, 0.3) is 0 Å². The zero-order valence-electron chi connectivity index (χ0n) is 11.3. The van der Waals surface area contributed by atoms with Crippen molar-refractivity contribution >= 4 is 21.7 Å². The molecule has 0 saturated carbocycles. The number of nitrogens with zero attached hydrogens (tertiary/aromatic N) is 2. The number of anilines is 1. The van der Waals surface area contributed by atoms with E-state index in [1.165, 1.54) is 5.56 Å². The molecule has 0 spiro atoms. The molecule has 4 heteroatoms. The Hall–Kier alpha value is -1.55. The Kier molecular flexibility index (Phi) is 4.43. The summed E-state index contributed by atoms with van der Waals surface area (Å²) in [6.45, 7) is 2.16. The van der Waals surface area contributed by atoms with E-state index in [9.17, 15) is 0 Å². The molecule has 2 aromatic rings. The standard InChI is InChI=1S/C15H17BrN2O/c1-11(12-4-7-14(19-3)8-5-12)18(2)15-9-6-13(16)10-17-15/h4-11H,1-3H3. The summed E-state index contributed by atoms with van der Waals surface area (Å²) in [5.74, 6) is 1.83. The number of hydrogen-bond donors (Lipinski definition) is 0. The van der Waals surface area contributed by atoms with Crippen LogP contribution < -0.4 is 9.64 Å². The second kappa shape index (κ2) is 6.06. The van der Waals surface area contributed by atoms with Gasteiger partial charge in [-0.05, 0) is 52.7 Å². The quantitative estimate of drug-likeness (QED) is 0.849. The van der Waals surface area contributed by atoms with Crippen LogP contribution in [0.15, 0.2) is 47.1 Å². The number of rotatable bonds is 4. The fraction of sp³-hybridized carbons (Fsp3) is 0.267. The molecule has 0 aliphatic rings. The zero-order chi connectivity index (χ0) is 13.8. The number of pyridine rings is 1. The largest absolute Gasteiger partial charge is 0.497 e. The number of hydrogen-bond acceptors (Lipinski definition) is 3. The van der Waals surface area contributed by atoms with E-state index in [0.717, 1.165) is 16.0 Å². The Morgan fingerprint density at radius 3 is 2.37 bits per heavy atom. The first kappa shape index (κ1) is 13.9. The Labute approximate surface area is 122 Å². The second-order valence-electron chi connectivity index (χ2n) is 4.39. The maximum Gasteiger partial charge on any atom is 0.128 e. The minimum Gasteiger partial charge on any atom is -0.497 e. The smallest absolute Gasteiger partial charge is 0.128 e. The number of halogens is 1. The molecule has 19 heavy (non-hydrogen) atoms. The van der Waals surface area contributed by atoms with Crippen LogP contribution in [-0.4, -0.2) is 19.1 Å². The predicted molar refractivity (Wildman–Crippen MR) is 81.7 cm³/mol. The van der Waals surface area contributed by atoms with Crippen molar-refractivity contribution in [3.8, 4) is 5.75 Å². The first-order valence-corrected chi connectivity index (χ1v) is 6.89. The molecule has 1 aromatic heterocycles. The van der Waals surface area contributed by atoms with Gasteiger partial charge in [0.2, 0.25) is 0 Å². The molecule has 1 heterocycles. The third kappa shape index (κ3) is 3.26. The van der Waals surface area contributed by atoms with Crippen molar-refractivity contribution in [3.05, 3.63) is 52.6 Å². The van der Waals surface area contributed by atoms with E-state index in [4.69, 9.17) is 4.74 Å². The highest BCUT2D eigenvalue weighted by Gasteiger charge is 2.13. The van der Waals surface area contributed by atoms with Gasteiger partial charge < -0.3 is 9.64 Å². The van der Waals surface area contributed by atoms with Gasteiger partial charge in [-0.15, -0.1) is 0 Å². The van der Waals surface area contributed by atoms with Crippen LogP contribution in [0.5, 0.6) is 5.75 Å². The van der Waals surface area contributed by atoms with Crippen LogP contribution in [0, 0.1) is 0 Å². The molecule has 2 rings (SSSR count). The van der Waals surface area contributed by atoms with E-state index < -0.39 is 0 Å². The molecule has 100 valence electrons. The van der Waals surface area contributed by atoms with Crippen molar-refractivity contribution in [2.24, 2.45) is 0 Å². The van der Waals surface area contributed by atoms with Gasteiger partial charge in [0.15, 0.2) is 0 Å². The van der Waals surface area contributed by atoms with Gasteiger partial charge in [-0.2, -0.15) is 0 Å². The van der Waals surface area contributed by atoms with Crippen LogP contribution in [-0.2, 0) is 0 Å². The lowest BCUT2D eigenvalue weighted by molar-refractivity contribution is 0.414. The van der Waals surface area contributed by atoms with Crippen LogP contribution in [0.25, 0.3) is 0 Å². The summed E-state index contributed by atoms with van der Waals surface area (Å²) in [5, 5.41) is 0. The van der Waals surface area contributed by atoms with Crippen LogP contribution >= 0.6 is 15.9 Å². The minimum atomic E-state index is 0.250. The average molecular weight is 321 g/mol. The maximum atomic E-state index is 5.18. The van der Waals surface area contributed by atoms with Crippen molar-refractivity contribution in [1.82, 2.24) is 4.98 Å². The number of methoxy groups -OCH3 is 1. The second-order valence-corrected chi connectivity index (χ2v) is 5.31. The summed E-state index contributed by atoms with van der Waals surface area (Å²) in [7, 11) is 3.72. The van der Waals surface area contributed by atoms with Crippen molar-refractivity contribution in [2.75, 3.05) is 19.1 Å². The third-order valence-corrected chi connectivity index (χ3v) is 3.72. The molecule has 1 unspecified atom stereocenters. The molecule has 0 aliphatic heterocycles. The maximum absolute atomic E-state index is 5.18. The number of benzene rings is 1. The highest BCUT2D eigenvalue weighted by atomic mass is 79.9. The topological polar surface area (TPSA) is 25.4 Å². The number of aromatic nitrogens is 1. The average Bonchev–Trinajstić information content (AvgIpc) is 2.46. The fourth-order valence-electron chi connectivity index (χ4n) is 1.88. The molecule has 0 aliphatic carbocycles. The summed E-state index contributed by atoms with van der Waals surface area (Å²) in [6, 6.07) is 12.4. The molecule has 1 aromatic carbocycles. The Morgan fingerprint density at radius 2 is 1.84 bits per heavy atom. The zero-order valence-corrected chi connectivity index (χ0v) is 12.9. The SMILES string of the molecule is COc1ccc(C(C)N(C)c2ccc(Br)cn2)cc1. The third-order valence-electron chi connectivity index (χ3n) is 3.25. The van der Waals surface area contributed by atoms with Gasteiger partial charge in [-0.25, -0.2) is 4.98 Å². The molecular weight excluding hydrogens is 304 g/mol. The van der Waals surface area contributed by atoms with E-state index in [2.05, 4.69) is 44.9 Å². The molecular formula is C15H17BrN2O. The van der Waals surface area contributed by atoms with Crippen LogP contribution in [0.4, 0.5) is 5.82 Å². The minimum absolute atomic E-state index is 0.250. The predicted octanol–water partition coefficient (Wildman–Crippen LogP) is 4.05. The van der Waals surface area contributed by atoms with Gasteiger partial charge in [0.1, 0.15) is 11.6 Å². The molecule has 0 bridgehead atoms. The van der Waals surface area contributed by atoms with Gasteiger partial charge >= 0.3 is 0 Å². The normalized spacial score (nSPS) is 12.0. The van der Waals surface area contributed by atoms with E-state index in [0.29, 0.717) is 0 Å². The lowest BCUT2D eigenvalue weighted by Gasteiger charge is -2.26. The molecule has 0 amide bonds. The van der Waals surface area contributed by atoms with Crippen molar-refractivity contribution in [3.63, 3.8) is 0 Å². The van der Waals surface area contributed by atoms with Crippen molar-refractivity contribution < 1.29 is 4.74 Å². The van der Waals surface area contributed by atoms with Crippen molar-refractivity contribution in [1.29, 1.82) is 0 Å². The highest BCUT2D eigenvalue weighted by molar-refractivity contribution is 9.10. The molecule has 0 saturated heterocycles. The summed E-state index contributed by atoms with van der Waals surface area (Å²) in [5.41, 5.74) is 1.23. The first-order valence-electron chi connectivity index (χ1n) is 6.10. The first-order chi connectivity index (χ1) is 9.11. The molecule has 0 N–H and O–H groups in total. The molecule has 3 nitrogen and oxygen atoms in total. The van der Waals surface area contributed by atoms with Crippen LogP contribution in [0.3, 0.4) is 0 Å². The Morgan fingerprint density at radius 1 is 1.16 bits per heavy atom. The van der Waals surface area contributed by atoms with E-state index in [1.807, 2.05) is 37.5 Å². The molecule has 0 radical (unpaired) electrons. The van der Waals surface area contributed by atoms with Crippen molar-refractivity contribution in [2.45, 2.75) is 13.0 Å². The molecule has 1 atom stereocenters. The molecule has 0 fully saturated rings. The van der Waals surface area contributed by atoms with E-state index in [1.54, 1.807) is 7.11 Å². The number of ether oxygens (including phenoxy) is 1. The van der Waals surface area contributed by atoms with Gasteiger partial charge in [-0.1, -0.05) is 12.1 Å². The van der Waals surface area contributed by atoms with E-state index in [-0.39, 0.29) is 6.04 Å². The lowest BCUT2D eigenvalue weighted by Crippen LogP contribution is -2.22. The van der Waals surface area contributed by atoms with Gasteiger partial charge in [0.05, 0.1) is 13.2 Å². The van der Waals surface area contributed by atoms with Gasteiger partial charge in [0, 0.05) is 17.7 Å². The lowest BCUT2D eigenvalue weighted by atomic mass is 10.1. The van der Waals surface area contributed by atoms with Gasteiger partial charge in [-0.3, -0.25) is 0 Å². The summed E-state index contributed by atoms with van der Waals surface area (Å²) in [4.78, 5) is 6.56.